The Balaban J connectivity index is 1.57. The van der Waals surface area contributed by atoms with E-state index in [1.807, 2.05) is 24.4 Å². The summed E-state index contributed by atoms with van der Waals surface area (Å²) < 4.78 is 5.70. The van der Waals surface area contributed by atoms with Gasteiger partial charge in [-0.3, -0.25) is 0 Å². The van der Waals surface area contributed by atoms with Crippen LogP contribution in [0, 0.1) is 0 Å². The maximum atomic E-state index is 5.70. The van der Waals surface area contributed by atoms with Crippen LogP contribution in [0.25, 0.3) is 10.6 Å². The summed E-state index contributed by atoms with van der Waals surface area (Å²) >= 11 is 1.76. The minimum Gasteiger partial charge on any atom is -0.377 e. The van der Waals surface area contributed by atoms with Crippen LogP contribution in [-0.2, 0) is 11.3 Å². The predicted molar refractivity (Wildman–Crippen MR) is 82.8 cm³/mol. The fraction of sp³-hybridized carbons (Fsp3) is 0.438. The van der Waals surface area contributed by atoms with Crippen molar-refractivity contribution in [3.05, 3.63) is 41.4 Å². The third kappa shape index (κ3) is 3.26. The summed E-state index contributed by atoms with van der Waals surface area (Å²) in [7, 11) is 0. The molecule has 0 aliphatic carbocycles. The monoisotopic (exact) mass is 288 g/mol. The second kappa shape index (κ2) is 6.48. The molecule has 1 aliphatic rings. The standard InChI is InChI=1S/C16H20N2OS/c1-12(15-8-5-9-19-15)17-10-14-11-18-16(20-14)13-6-3-2-4-7-13/h2-4,6-7,11-12,15,17H,5,8-10H2,1H3/t12-,15-/m0/s1. The molecule has 2 aromatic rings. The van der Waals surface area contributed by atoms with Gasteiger partial charge in [0, 0.05) is 35.8 Å². The first-order chi connectivity index (χ1) is 9.83. The van der Waals surface area contributed by atoms with E-state index < -0.39 is 0 Å². The van der Waals surface area contributed by atoms with Crippen LogP contribution in [0.15, 0.2) is 36.5 Å². The van der Waals surface area contributed by atoms with Gasteiger partial charge in [-0.25, -0.2) is 4.98 Å². The molecule has 1 N–H and O–H groups in total. The lowest BCUT2D eigenvalue weighted by Gasteiger charge is -2.19. The second-order valence-electron chi connectivity index (χ2n) is 5.22. The predicted octanol–water partition coefficient (Wildman–Crippen LogP) is 3.47. The molecule has 3 nitrogen and oxygen atoms in total. The number of rotatable bonds is 5. The highest BCUT2D eigenvalue weighted by Crippen LogP contribution is 2.25. The van der Waals surface area contributed by atoms with Crippen LogP contribution in [0.3, 0.4) is 0 Å². The molecular weight excluding hydrogens is 268 g/mol. The van der Waals surface area contributed by atoms with E-state index in [1.165, 1.54) is 23.3 Å². The molecule has 20 heavy (non-hydrogen) atoms. The van der Waals surface area contributed by atoms with Crippen molar-refractivity contribution in [1.82, 2.24) is 10.3 Å². The van der Waals surface area contributed by atoms with Crippen molar-refractivity contribution >= 4 is 11.3 Å². The van der Waals surface area contributed by atoms with E-state index in [0.29, 0.717) is 12.1 Å². The quantitative estimate of drug-likeness (QED) is 0.915. The van der Waals surface area contributed by atoms with E-state index in [-0.39, 0.29) is 0 Å². The average Bonchev–Trinajstić information content (AvgIpc) is 3.17. The van der Waals surface area contributed by atoms with Crippen molar-refractivity contribution in [3.63, 3.8) is 0 Å². The Morgan fingerprint density at radius 1 is 1.40 bits per heavy atom. The van der Waals surface area contributed by atoms with Crippen molar-refractivity contribution in [1.29, 1.82) is 0 Å². The smallest absolute Gasteiger partial charge is 0.123 e. The SMILES string of the molecule is C[C@H](NCc1cnc(-c2ccccc2)s1)[C@@H]1CCCO1. The summed E-state index contributed by atoms with van der Waals surface area (Å²) in [4.78, 5) is 5.78. The summed E-state index contributed by atoms with van der Waals surface area (Å²) in [6, 6.07) is 10.7. The number of hydrogen-bond acceptors (Lipinski definition) is 4. The molecule has 1 aromatic carbocycles. The average molecular weight is 288 g/mol. The van der Waals surface area contributed by atoms with Gasteiger partial charge in [-0.1, -0.05) is 30.3 Å². The molecule has 4 heteroatoms. The van der Waals surface area contributed by atoms with Gasteiger partial charge in [-0.05, 0) is 19.8 Å². The lowest BCUT2D eigenvalue weighted by molar-refractivity contribution is 0.0833. The highest BCUT2D eigenvalue weighted by atomic mass is 32.1. The summed E-state index contributed by atoms with van der Waals surface area (Å²) in [6.45, 7) is 3.98. The molecule has 0 radical (unpaired) electrons. The van der Waals surface area contributed by atoms with E-state index in [1.54, 1.807) is 11.3 Å². The third-order valence-electron chi connectivity index (χ3n) is 3.70. The molecule has 0 bridgehead atoms. The first-order valence-electron chi connectivity index (χ1n) is 7.18. The largest absolute Gasteiger partial charge is 0.377 e. The summed E-state index contributed by atoms with van der Waals surface area (Å²) in [5.74, 6) is 0. The van der Waals surface area contributed by atoms with E-state index in [2.05, 4.69) is 29.4 Å². The Morgan fingerprint density at radius 3 is 3.00 bits per heavy atom. The molecule has 1 saturated heterocycles. The maximum absolute atomic E-state index is 5.70. The summed E-state index contributed by atoms with van der Waals surface area (Å²) in [6.07, 6.45) is 4.71. The van der Waals surface area contributed by atoms with Gasteiger partial charge in [-0.2, -0.15) is 0 Å². The molecule has 2 heterocycles. The van der Waals surface area contributed by atoms with Crippen molar-refractivity contribution in [2.45, 2.75) is 38.5 Å². The van der Waals surface area contributed by atoms with Crippen molar-refractivity contribution in [2.24, 2.45) is 0 Å². The Morgan fingerprint density at radius 2 is 2.25 bits per heavy atom. The van der Waals surface area contributed by atoms with Crippen LogP contribution in [0.1, 0.15) is 24.6 Å². The molecule has 0 unspecified atom stereocenters. The number of hydrogen-bond donors (Lipinski definition) is 1. The van der Waals surface area contributed by atoms with Gasteiger partial charge in [0.2, 0.25) is 0 Å². The number of benzene rings is 1. The minimum absolute atomic E-state index is 0.372. The molecule has 0 amide bonds. The Bertz CT molecular complexity index is 534. The van der Waals surface area contributed by atoms with Gasteiger partial charge >= 0.3 is 0 Å². The molecule has 106 valence electrons. The van der Waals surface area contributed by atoms with Crippen molar-refractivity contribution in [2.75, 3.05) is 6.61 Å². The second-order valence-corrected chi connectivity index (χ2v) is 6.33. The zero-order valence-corrected chi connectivity index (χ0v) is 12.5. The number of thiazole rings is 1. The molecular formula is C16H20N2OS. The first-order valence-corrected chi connectivity index (χ1v) is 8.00. The minimum atomic E-state index is 0.372. The van der Waals surface area contributed by atoms with Gasteiger partial charge in [0.05, 0.1) is 6.10 Å². The molecule has 1 fully saturated rings. The Hall–Kier alpha value is -1.23. The zero-order valence-electron chi connectivity index (χ0n) is 11.7. The first kappa shape index (κ1) is 13.7. The van der Waals surface area contributed by atoms with E-state index in [0.717, 1.165) is 18.2 Å². The summed E-state index contributed by atoms with van der Waals surface area (Å²) in [5.41, 5.74) is 1.19. The number of ether oxygens (including phenoxy) is 1. The van der Waals surface area contributed by atoms with Crippen LogP contribution < -0.4 is 5.32 Å². The molecule has 1 aromatic heterocycles. The molecule has 0 spiro atoms. The van der Waals surface area contributed by atoms with Crippen molar-refractivity contribution < 1.29 is 4.74 Å². The van der Waals surface area contributed by atoms with Gasteiger partial charge in [0.25, 0.3) is 0 Å². The number of nitrogens with zero attached hydrogens (tertiary/aromatic N) is 1. The highest BCUT2D eigenvalue weighted by Gasteiger charge is 2.21. The topological polar surface area (TPSA) is 34.2 Å². The number of aromatic nitrogens is 1. The van der Waals surface area contributed by atoms with Crippen molar-refractivity contribution in [3.8, 4) is 10.6 Å². The molecule has 1 aliphatic heterocycles. The molecule has 2 atom stereocenters. The molecule has 3 rings (SSSR count). The third-order valence-corrected chi connectivity index (χ3v) is 4.74. The lowest BCUT2D eigenvalue weighted by Crippen LogP contribution is -2.36. The lowest BCUT2D eigenvalue weighted by atomic mass is 10.1. The van der Waals surface area contributed by atoms with Gasteiger partial charge < -0.3 is 10.1 Å². The van der Waals surface area contributed by atoms with Gasteiger partial charge in [0.15, 0.2) is 0 Å². The van der Waals surface area contributed by atoms with Gasteiger partial charge in [-0.15, -0.1) is 11.3 Å². The molecule has 0 saturated carbocycles. The van der Waals surface area contributed by atoms with E-state index in [9.17, 15) is 0 Å². The van der Waals surface area contributed by atoms with E-state index in [4.69, 9.17) is 4.74 Å². The fourth-order valence-electron chi connectivity index (χ4n) is 2.49. The van der Waals surface area contributed by atoms with E-state index >= 15 is 0 Å². The normalized spacial score (nSPS) is 20.1. The highest BCUT2D eigenvalue weighted by molar-refractivity contribution is 7.15. The zero-order chi connectivity index (χ0) is 13.8. The fourth-order valence-corrected chi connectivity index (χ4v) is 3.36. The number of nitrogens with one attached hydrogen (secondary N) is 1. The summed E-state index contributed by atoms with van der Waals surface area (Å²) in [5, 5.41) is 4.64. The van der Waals surface area contributed by atoms with Crippen LogP contribution in [0.4, 0.5) is 0 Å². The van der Waals surface area contributed by atoms with Crippen LogP contribution in [-0.4, -0.2) is 23.7 Å². The maximum Gasteiger partial charge on any atom is 0.123 e. The van der Waals surface area contributed by atoms with Crippen LogP contribution >= 0.6 is 11.3 Å². The van der Waals surface area contributed by atoms with Crippen LogP contribution in [0.2, 0.25) is 0 Å². The Kier molecular flexibility index (Phi) is 4.45. The van der Waals surface area contributed by atoms with Gasteiger partial charge in [0.1, 0.15) is 5.01 Å². The Labute approximate surface area is 124 Å². The van der Waals surface area contributed by atoms with Crippen LogP contribution in [0.5, 0.6) is 0 Å².